The van der Waals surface area contributed by atoms with E-state index in [1.165, 1.54) is 12.1 Å². The molecule has 32 heavy (non-hydrogen) atoms. The summed E-state index contributed by atoms with van der Waals surface area (Å²) in [5.41, 5.74) is 2.49. The minimum atomic E-state index is -0.533. The maximum atomic E-state index is 13.5. The highest BCUT2D eigenvalue weighted by atomic mass is 19.1. The minimum Gasteiger partial charge on any atom is -0.490 e. The number of ketones is 1. The van der Waals surface area contributed by atoms with Crippen LogP contribution in [0.5, 0.6) is 11.5 Å². The molecule has 0 saturated carbocycles. The van der Waals surface area contributed by atoms with Gasteiger partial charge in [0.05, 0.1) is 13.2 Å². The van der Waals surface area contributed by atoms with Crippen molar-refractivity contribution in [3.05, 3.63) is 58.7 Å². The Bertz CT molecular complexity index is 950. The van der Waals surface area contributed by atoms with Gasteiger partial charge in [-0.05, 0) is 93.9 Å². The summed E-state index contributed by atoms with van der Waals surface area (Å²) in [5.74, 6) is 0.986. The molecule has 1 aliphatic carbocycles. The summed E-state index contributed by atoms with van der Waals surface area (Å²) < 4.78 is 38.3. The molecule has 0 bridgehead atoms. The van der Waals surface area contributed by atoms with Crippen LogP contribution in [0.4, 0.5) is 8.78 Å². The SMILES string of the molecule is CCOc1cc2c(cc1OCC)C(=O)C(CC1CCN(Cc3cc(F)cc(F)c3)CC1)C2. The predicted molar refractivity (Wildman–Crippen MR) is 119 cm³/mol. The maximum absolute atomic E-state index is 13.5. The van der Waals surface area contributed by atoms with E-state index >= 15 is 0 Å². The Balaban J connectivity index is 1.34. The molecule has 0 aromatic heterocycles. The quantitative estimate of drug-likeness (QED) is 0.546. The first-order valence-corrected chi connectivity index (χ1v) is 11.6. The van der Waals surface area contributed by atoms with Gasteiger partial charge in [0.25, 0.3) is 0 Å². The van der Waals surface area contributed by atoms with Crippen molar-refractivity contribution in [1.82, 2.24) is 4.90 Å². The number of ether oxygens (including phenoxy) is 2. The van der Waals surface area contributed by atoms with Crippen molar-refractivity contribution < 1.29 is 23.0 Å². The summed E-state index contributed by atoms with van der Waals surface area (Å²) in [6, 6.07) is 7.53. The lowest BCUT2D eigenvalue weighted by atomic mass is 9.85. The van der Waals surface area contributed by atoms with Gasteiger partial charge in [0.1, 0.15) is 11.6 Å². The molecule has 2 aliphatic rings. The Labute approximate surface area is 188 Å². The van der Waals surface area contributed by atoms with E-state index in [0.29, 0.717) is 42.7 Å². The summed E-state index contributed by atoms with van der Waals surface area (Å²) in [7, 11) is 0. The number of carbonyl (C=O) groups excluding carboxylic acids is 1. The summed E-state index contributed by atoms with van der Waals surface area (Å²) >= 11 is 0. The number of benzene rings is 2. The van der Waals surface area contributed by atoms with Gasteiger partial charge in [0.2, 0.25) is 0 Å². The van der Waals surface area contributed by atoms with Crippen molar-refractivity contribution in [3.63, 3.8) is 0 Å². The highest BCUT2D eigenvalue weighted by Crippen LogP contribution is 2.40. The third-order valence-electron chi connectivity index (χ3n) is 6.53. The molecule has 4 rings (SSSR count). The molecule has 1 saturated heterocycles. The number of fused-ring (bicyclic) bond motifs is 1. The molecule has 0 N–H and O–H groups in total. The van der Waals surface area contributed by atoms with Gasteiger partial charge in [-0.2, -0.15) is 0 Å². The molecule has 6 heteroatoms. The smallest absolute Gasteiger partial charge is 0.166 e. The molecule has 2 aromatic carbocycles. The summed E-state index contributed by atoms with van der Waals surface area (Å²) in [5, 5.41) is 0. The Morgan fingerprint density at radius 1 is 0.938 bits per heavy atom. The predicted octanol–water partition coefficient (Wildman–Crippen LogP) is 5.42. The van der Waals surface area contributed by atoms with Gasteiger partial charge in [0, 0.05) is 24.1 Å². The highest BCUT2D eigenvalue weighted by Gasteiger charge is 2.34. The monoisotopic (exact) mass is 443 g/mol. The zero-order valence-corrected chi connectivity index (χ0v) is 18.8. The summed E-state index contributed by atoms with van der Waals surface area (Å²) in [4.78, 5) is 15.3. The average molecular weight is 444 g/mol. The number of likely N-dealkylation sites (tertiary alicyclic amines) is 1. The molecule has 1 atom stereocenters. The summed E-state index contributed by atoms with van der Waals surface area (Å²) in [6.07, 6.45) is 3.62. The molecule has 2 aromatic rings. The van der Waals surface area contributed by atoms with E-state index in [1.807, 2.05) is 26.0 Å². The molecule has 1 heterocycles. The van der Waals surface area contributed by atoms with Crippen LogP contribution >= 0.6 is 0 Å². The molecule has 1 aliphatic heterocycles. The number of piperidine rings is 1. The number of Topliss-reactive ketones (excluding diaryl/α,β-unsaturated/α-hetero) is 1. The van der Waals surface area contributed by atoms with Gasteiger partial charge in [0.15, 0.2) is 17.3 Å². The fourth-order valence-electron chi connectivity index (χ4n) is 5.05. The lowest BCUT2D eigenvalue weighted by Crippen LogP contribution is -2.34. The van der Waals surface area contributed by atoms with Crippen LogP contribution in [0.15, 0.2) is 30.3 Å². The Hall–Kier alpha value is -2.47. The van der Waals surface area contributed by atoms with Gasteiger partial charge in [-0.15, -0.1) is 0 Å². The van der Waals surface area contributed by atoms with Crippen LogP contribution in [-0.4, -0.2) is 37.0 Å². The van der Waals surface area contributed by atoms with Gasteiger partial charge >= 0.3 is 0 Å². The fourth-order valence-corrected chi connectivity index (χ4v) is 5.05. The molecule has 172 valence electrons. The molecule has 0 spiro atoms. The standard InChI is InChI=1S/C26H31F2NO3/c1-3-31-24-13-19-12-20(26(30)23(19)15-25(24)32-4-2)9-17-5-7-29(8-6-17)16-18-10-21(27)14-22(28)11-18/h10-11,13-15,17,20H,3-9,12,16H2,1-2H3. The van der Waals surface area contributed by atoms with Crippen molar-refractivity contribution in [2.45, 2.75) is 46.1 Å². The topological polar surface area (TPSA) is 38.8 Å². The number of rotatable bonds is 8. The average Bonchev–Trinajstić information content (AvgIpc) is 3.04. The Morgan fingerprint density at radius 3 is 2.19 bits per heavy atom. The van der Waals surface area contributed by atoms with Gasteiger partial charge in [-0.3, -0.25) is 9.69 Å². The fraction of sp³-hybridized carbons (Fsp3) is 0.500. The van der Waals surface area contributed by atoms with Crippen molar-refractivity contribution in [2.24, 2.45) is 11.8 Å². The second-order valence-electron chi connectivity index (χ2n) is 8.82. The molecule has 1 unspecified atom stereocenters. The lowest BCUT2D eigenvalue weighted by Gasteiger charge is -2.33. The van der Waals surface area contributed by atoms with Crippen molar-refractivity contribution in [2.75, 3.05) is 26.3 Å². The maximum Gasteiger partial charge on any atom is 0.166 e. The third kappa shape index (κ3) is 5.12. The van der Waals surface area contributed by atoms with E-state index in [2.05, 4.69) is 4.90 Å². The summed E-state index contributed by atoms with van der Waals surface area (Å²) in [6.45, 7) is 7.24. The van der Waals surface area contributed by atoms with E-state index in [9.17, 15) is 13.6 Å². The number of hydrogen-bond acceptors (Lipinski definition) is 4. The largest absolute Gasteiger partial charge is 0.490 e. The molecule has 0 radical (unpaired) electrons. The first-order valence-electron chi connectivity index (χ1n) is 11.6. The van der Waals surface area contributed by atoms with E-state index < -0.39 is 11.6 Å². The van der Waals surface area contributed by atoms with E-state index in [4.69, 9.17) is 9.47 Å². The van der Waals surface area contributed by atoms with Crippen molar-refractivity contribution in [3.8, 4) is 11.5 Å². The van der Waals surface area contributed by atoms with Gasteiger partial charge < -0.3 is 9.47 Å². The van der Waals surface area contributed by atoms with Crippen LogP contribution in [0.2, 0.25) is 0 Å². The van der Waals surface area contributed by atoms with E-state index in [0.717, 1.165) is 56.0 Å². The van der Waals surface area contributed by atoms with E-state index in [-0.39, 0.29) is 11.7 Å². The molecule has 0 amide bonds. The number of hydrogen-bond donors (Lipinski definition) is 0. The third-order valence-corrected chi connectivity index (χ3v) is 6.53. The molecular weight excluding hydrogens is 412 g/mol. The second kappa shape index (κ2) is 9.99. The van der Waals surface area contributed by atoms with Crippen LogP contribution in [0.1, 0.15) is 54.6 Å². The number of nitrogens with zero attached hydrogens (tertiary/aromatic N) is 1. The normalized spacial score (nSPS) is 19.2. The molecule has 4 nitrogen and oxygen atoms in total. The van der Waals surface area contributed by atoms with Crippen LogP contribution in [0, 0.1) is 23.5 Å². The van der Waals surface area contributed by atoms with Crippen molar-refractivity contribution >= 4 is 5.78 Å². The van der Waals surface area contributed by atoms with Gasteiger partial charge in [-0.1, -0.05) is 0 Å². The lowest BCUT2D eigenvalue weighted by molar-refractivity contribution is 0.0895. The van der Waals surface area contributed by atoms with Crippen molar-refractivity contribution in [1.29, 1.82) is 0 Å². The number of carbonyl (C=O) groups is 1. The zero-order chi connectivity index (χ0) is 22.7. The molecular formula is C26H31F2NO3. The van der Waals surface area contributed by atoms with Crippen LogP contribution in [0.25, 0.3) is 0 Å². The van der Waals surface area contributed by atoms with Crippen LogP contribution in [0.3, 0.4) is 0 Å². The van der Waals surface area contributed by atoms with Crippen LogP contribution in [-0.2, 0) is 13.0 Å². The Kier molecular flexibility index (Phi) is 7.09. The highest BCUT2D eigenvalue weighted by molar-refractivity contribution is 6.02. The zero-order valence-electron chi connectivity index (χ0n) is 18.8. The second-order valence-corrected chi connectivity index (χ2v) is 8.82. The minimum absolute atomic E-state index is 0.00483. The van der Waals surface area contributed by atoms with E-state index in [1.54, 1.807) is 0 Å². The molecule has 1 fully saturated rings. The Morgan fingerprint density at radius 2 is 1.56 bits per heavy atom. The van der Waals surface area contributed by atoms with Gasteiger partial charge in [-0.25, -0.2) is 8.78 Å². The number of halogens is 2. The first-order chi connectivity index (χ1) is 15.5. The van der Waals surface area contributed by atoms with Crippen LogP contribution < -0.4 is 9.47 Å². The first kappa shape index (κ1) is 22.7.